The zero-order valence-corrected chi connectivity index (χ0v) is 19.1. The van der Waals surface area contributed by atoms with Crippen LogP contribution in [0.15, 0.2) is 114 Å². The Balaban J connectivity index is 1.84. The van der Waals surface area contributed by atoms with E-state index in [0.717, 1.165) is 16.7 Å². The molecule has 0 aliphatic carbocycles. The standard InChI is InChI=1S/C27H23N3O3S/c1-2-18-33-30-24(25(31)32)23-19-34-26(28-23)29-27(20-12-6-3-7-13-20,21-14-8-4-9-15-21)22-16-10-5-11-17-22/h2-17,19H,1,18H2,(H,28,29)(H,31,32)/b30-24-. The van der Waals surface area contributed by atoms with Crippen molar-refractivity contribution in [2.45, 2.75) is 5.54 Å². The largest absolute Gasteiger partial charge is 0.476 e. The van der Waals surface area contributed by atoms with Gasteiger partial charge in [-0.3, -0.25) is 0 Å². The van der Waals surface area contributed by atoms with Crippen molar-refractivity contribution >= 4 is 28.1 Å². The van der Waals surface area contributed by atoms with Gasteiger partial charge < -0.3 is 15.3 Å². The second-order valence-corrected chi connectivity index (χ2v) is 8.20. The smallest absolute Gasteiger partial charge is 0.360 e. The summed E-state index contributed by atoms with van der Waals surface area (Å²) in [5, 5.41) is 19.2. The maximum absolute atomic E-state index is 11.8. The molecule has 0 amide bonds. The molecule has 0 saturated carbocycles. The van der Waals surface area contributed by atoms with E-state index in [4.69, 9.17) is 4.84 Å². The Morgan fingerprint density at radius 1 is 0.971 bits per heavy atom. The van der Waals surface area contributed by atoms with Gasteiger partial charge in [0.2, 0.25) is 5.71 Å². The molecule has 0 saturated heterocycles. The van der Waals surface area contributed by atoms with E-state index in [1.54, 1.807) is 5.38 Å². The highest BCUT2D eigenvalue weighted by Crippen LogP contribution is 2.40. The summed E-state index contributed by atoms with van der Waals surface area (Å²) in [7, 11) is 0. The number of anilines is 1. The highest BCUT2D eigenvalue weighted by molar-refractivity contribution is 7.14. The molecule has 0 radical (unpaired) electrons. The normalized spacial score (nSPS) is 11.6. The Labute approximate surface area is 201 Å². The third kappa shape index (κ3) is 4.74. The zero-order valence-electron chi connectivity index (χ0n) is 18.3. The van der Waals surface area contributed by atoms with Gasteiger partial charge in [-0.1, -0.05) is 109 Å². The number of rotatable bonds is 10. The Kier molecular flexibility index (Phi) is 7.15. The SMILES string of the molecule is C=CCO/N=C(\C(=O)O)c1csc(NC(c2ccccc2)(c2ccccc2)c2ccccc2)n1. The lowest BCUT2D eigenvalue weighted by atomic mass is 9.77. The third-order valence-corrected chi connectivity index (χ3v) is 5.97. The van der Waals surface area contributed by atoms with Gasteiger partial charge in [0.05, 0.1) is 0 Å². The summed E-state index contributed by atoms with van der Waals surface area (Å²) in [6, 6.07) is 30.3. The highest BCUT2D eigenvalue weighted by atomic mass is 32.1. The van der Waals surface area contributed by atoms with Gasteiger partial charge in [-0.25, -0.2) is 9.78 Å². The number of hydrogen-bond acceptors (Lipinski definition) is 6. The van der Waals surface area contributed by atoms with Crippen molar-refractivity contribution in [1.82, 2.24) is 4.98 Å². The van der Waals surface area contributed by atoms with E-state index >= 15 is 0 Å². The lowest BCUT2D eigenvalue weighted by Crippen LogP contribution is -2.38. The fourth-order valence-corrected chi connectivity index (χ4v) is 4.48. The topological polar surface area (TPSA) is 83.8 Å². The molecule has 2 N–H and O–H groups in total. The molecule has 4 rings (SSSR count). The molecule has 6 nitrogen and oxygen atoms in total. The number of aromatic nitrogens is 1. The predicted molar refractivity (Wildman–Crippen MR) is 135 cm³/mol. The predicted octanol–water partition coefficient (Wildman–Crippen LogP) is 5.54. The van der Waals surface area contributed by atoms with Gasteiger partial charge in [-0.2, -0.15) is 0 Å². The van der Waals surface area contributed by atoms with Crippen LogP contribution in [0.4, 0.5) is 5.13 Å². The third-order valence-electron chi connectivity index (χ3n) is 5.21. The van der Waals surface area contributed by atoms with Gasteiger partial charge in [-0.05, 0) is 16.7 Å². The number of aliphatic carboxylic acids is 1. The summed E-state index contributed by atoms with van der Waals surface area (Å²) < 4.78 is 0. The summed E-state index contributed by atoms with van der Waals surface area (Å²) in [5.41, 5.74) is 2.24. The summed E-state index contributed by atoms with van der Waals surface area (Å²) in [5.74, 6) is -1.22. The first-order valence-electron chi connectivity index (χ1n) is 10.6. The number of oxime groups is 1. The van der Waals surface area contributed by atoms with Gasteiger partial charge >= 0.3 is 5.97 Å². The molecule has 7 heteroatoms. The van der Waals surface area contributed by atoms with Crippen LogP contribution in [0.2, 0.25) is 0 Å². The number of benzene rings is 3. The Bertz CT molecular complexity index is 1180. The second kappa shape index (κ2) is 10.6. The average molecular weight is 470 g/mol. The highest BCUT2D eigenvalue weighted by Gasteiger charge is 2.37. The van der Waals surface area contributed by atoms with Crippen molar-refractivity contribution in [2.75, 3.05) is 11.9 Å². The van der Waals surface area contributed by atoms with Crippen molar-refractivity contribution in [3.05, 3.63) is 131 Å². The van der Waals surface area contributed by atoms with Crippen LogP contribution in [0.1, 0.15) is 22.4 Å². The summed E-state index contributed by atoms with van der Waals surface area (Å²) in [6.45, 7) is 3.64. The fourth-order valence-electron chi connectivity index (χ4n) is 3.73. The minimum Gasteiger partial charge on any atom is -0.476 e. The summed E-state index contributed by atoms with van der Waals surface area (Å²) >= 11 is 1.30. The van der Waals surface area contributed by atoms with Crippen LogP contribution in [0, 0.1) is 0 Å². The van der Waals surface area contributed by atoms with Gasteiger partial charge in [0.15, 0.2) is 5.13 Å². The summed E-state index contributed by atoms with van der Waals surface area (Å²) in [4.78, 5) is 21.3. The van der Waals surface area contributed by atoms with Gasteiger partial charge in [-0.15, -0.1) is 11.3 Å². The molecule has 1 aromatic heterocycles. The van der Waals surface area contributed by atoms with Crippen LogP contribution in [-0.2, 0) is 15.2 Å². The molecule has 34 heavy (non-hydrogen) atoms. The molecule has 0 unspecified atom stereocenters. The molecular formula is C27H23N3O3S. The van der Waals surface area contributed by atoms with Crippen LogP contribution in [0.5, 0.6) is 0 Å². The van der Waals surface area contributed by atoms with E-state index in [1.165, 1.54) is 17.4 Å². The van der Waals surface area contributed by atoms with E-state index in [9.17, 15) is 9.90 Å². The van der Waals surface area contributed by atoms with Crippen LogP contribution in [0.3, 0.4) is 0 Å². The van der Waals surface area contributed by atoms with Crippen LogP contribution >= 0.6 is 11.3 Å². The van der Waals surface area contributed by atoms with Gasteiger partial charge in [0, 0.05) is 5.38 Å². The van der Waals surface area contributed by atoms with Crippen molar-refractivity contribution in [2.24, 2.45) is 5.16 Å². The number of carboxylic acid groups (broad SMARTS) is 1. The van der Waals surface area contributed by atoms with E-state index in [1.807, 2.05) is 54.6 Å². The lowest BCUT2D eigenvalue weighted by molar-refractivity contribution is -0.129. The van der Waals surface area contributed by atoms with E-state index in [2.05, 4.69) is 58.4 Å². The molecule has 0 aliphatic rings. The van der Waals surface area contributed by atoms with Crippen LogP contribution in [0.25, 0.3) is 0 Å². The molecule has 0 bridgehead atoms. The van der Waals surface area contributed by atoms with Crippen molar-refractivity contribution in [1.29, 1.82) is 0 Å². The number of nitrogens with one attached hydrogen (secondary N) is 1. The minimum absolute atomic E-state index is 0.102. The van der Waals surface area contributed by atoms with Crippen molar-refractivity contribution in [3.8, 4) is 0 Å². The molecule has 170 valence electrons. The first kappa shape index (κ1) is 22.9. The molecule has 1 heterocycles. The van der Waals surface area contributed by atoms with E-state index < -0.39 is 11.5 Å². The molecule has 0 spiro atoms. The average Bonchev–Trinajstić information content (AvgIpc) is 3.34. The lowest BCUT2D eigenvalue weighted by Gasteiger charge is -2.36. The van der Waals surface area contributed by atoms with E-state index in [-0.39, 0.29) is 18.0 Å². The zero-order chi connectivity index (χ0) is 23.8. The maximum Gasteiger partial charge on any atom is 0.360 e. The fraction of sp³-hybridized carbons (Fsp3) is 0.0741. The molecule has 4 aromatic rings. The number of carboxylic acids is 1. The molecule has 0 fully saturated rings. The monoisotopic (exact) mass is 469 g/mol. The van der Waals surface area contributed by atoms with Gasteiger partial charge in [0.1, 0.15) is 17.8 Å². The maximum atomic E-state index is 11.8. The van der Waals surface area contributed by atoms with Crippen LogP contribution in [-0.4, -0.2) is 28.4 Å². The first-order valence-corrected chi connectivity index (χ1v) is 11.5. The molecule has 0 aliphatic heterocycles. The van der Waals surface area contributed by atoms with E-state index in [0.29, 0.717) is 5.13 Å². The van der Waals surface area contributed by atoms with Gasteiger partial charge in [0.25, 0.3) is 0 Å². The minimum atomic E-state index is -1.22. The number of carbonyl (C=O) groups is 1. The van der Waals surface area contributed by atoms with Crippen molar-refractivity contribution in [3.63, 3.8) is 0 Å². The summed E-state index contributed by atoms with van der Waals surface area (Å²) in [6.07, 6.45) is 1.49. The number of hydrogen-bond donors (Lipinski definition) is 2. The van der Waals surface area contributed by atoms with Crippen molar-refractivity contribution < 1.29 is 14.7 Å². The second-order valence-electron chi connectivity index (χ2n) is 7.34. The molecular weight excluding hydrogens is 446 g/mol. The quantitative estimate of drug-likeness (QED) is 0.105. The Morgan fingerprint density at radius 2 is 1.47 bits per heavy atom. The Morgan fingerprint density at radius 3 is 1.91 bits per heavy atom. The molecule has 0 atom stereocenters. The molecule has 3 aromatic carbocycles. The Hall–Kier alpha value is -4.23. The number of nitrogens with zero attached hydrogens (tertiary/aromatic N) is 2. The first-order chi connectivity index (χ1) is 16.6. The number of thiazole rings is 1. The van der Waals surface area contributed by atoms with Crippen LogP contribution < -0.4 is 5.32 Å².